The predicted octanol–water partition coefficient (Wildman–Crippen LogP) is -1.38. The van der Waals surface area contributed by atoms with Gasteiger partial charge in [-0.15, -0.1) is 7.05 Å². The van der Waals surface area contributed by atoms with Gasteiger partial charge in [0, 0.05) is 14.1 Å². The summed E-state index contributed by atoms with van der Waals surface area (Å²) in [5.41, 5.74) is 0. The van der Waals surface area contributed by atoms with E-state index in [0.29, 0.717) is 6.29 Å². The van der Waals surface area contributed by atoms with Gasteiger partial charge in [-0.05, 0) is 6.29 Å². The molecule has 0 aliphatic heterocycles. The van der Waals surface area contributed by atoms with Gasteiger partial charge in [0.2, 0.25) is 0 Å². The van der Waals surface area contributed by atoms with Gasteiger partial charge >= 0.3 is 0 Å². The summed E-state index contributed by atoms with van der Waals surface area (Å²) in [5.74, 6) is -1.06. The molecule has 0 N–H and O–H groups in total. The minimum Gasteiger partial charge on any atom is -0.544 e. The molecule has 0 rings (SSSR count). The van der Waals surface area contributed by atoms with Crippen molar-refractivity contribution in [2.75, 3.05) is 20.6 Å². The van der Waals surface area contributed by atoms with Gasteiger partial charge in [0.15, 0.2) is 0 Å². The predicted molar refractivity (Wildman–Crippen MR) is 38.8 cm³/mol. The van der Waals surface area contributed by atoms with E-state index in [-0.39, 0.29) is 11.0 Å². The third-order valence-electron chi connectivity index (χ3n) is 0.557. The molecule has 0 saturated carbocycles. The summed E-state index contributed by atoms with van der Waals surface area (Å²) in [6, 6.07) is 0. The van der Waals surface area contributed by atoms with Crippen molar-refractivity contribution in [2.24, 2.45) is 0 Å². The molecule has 0 aromatic heterocycles. The summed E-state index contributed by atoms with van der Waals surface area (Å²) < 4.78 is 0.169. The van der Waals surface area contributed by atoms with Crippen LogP contribution in [0.15, 0.2) is 0 Å². The van der Waals surface area contributed by atoms with Crippen LogP contribution in [0, 0.1) is 14.0 Å². The zero-order valence-electron chi connectivity index (χ0n) is 7.58. The van der Waals surface area contributed by atoms with Gasteiger partial charge < -0.3 is 26.1 Å². The second-order valence-corrected chi connectivity index (χ2v) is 2.63. The number of rotatable bonds is 2. The molecule has 5 heteroatoms. The molecule has 0 aromatic carbocycles. The number of carbonyl (C=O) groups is 2. The molecule has 0 atom stereocenters. The third kappa shape index (κ3) is 43.9. The fraction of sp³-hybridized carbons (Fsp3) is 0.429. The first-order valence-corrected chi connectivity index (χ1v) is 2.93. The molecule has 12 heavy (non-hydrogen) atoms. The molecule has 0 heterocycles. The van der Waals surface area contributed by atoms with E-state index in [0.717, 1.165) is 0 Å². The van der Waals surface area contributed by atoms with Gasteiger partial charge in [0.05, 0.1) is 12.5 Å². The van der Waals surface area contributed by atoms with Gasteiger partial charge in [0.1, 0.15) is 0 Å². The van der Waals surface area contributed by atoms with Crippen LogP contribution in [-0.2, 0) is 9.59 Å². The Morgan fingerprint density at radius 2 is 1.83 bits per heavy atom. The normalized spacial score (nSPS) is 8.58. The maximum atomic E-state index is 9.85. The Morgan fingerprint density at radius 3 is 1.83 bits per heavy atom. The molecule has 0 aromatic rings. The molecule has 0 bridgehead atoms. The molecule has 0 saturated heterocycles. The molecule has 0 fully saturated rings. The summed E-state index contributed by atoms with van der Waals surface area (Å²) in [7, 11) is 6.91. The molecular weight excluding hydrogens is 413 g/mol. The van der Waals surface area contributed by atoms with E-state index in [9.17, 15) is 9.90 Å². The topological polar surface area (TPSA) is 57.2 Å². The Morgan fingerprint density at radius 1 is 1.58 bits per heavy atom. The summed E-state index contributed by atoms with van der Waals surface area (Å²) in [5, 5.41) is 9.85. The van der Waals surface area contributed by atoms with Crippen LogP contribution in [0.3, 0.4) is 0 Å². The van der Waals surface area contributed by atoms with Crippen molar-refractivity contribution in [3.05, 3.63) is 14.0 Å². The summed E-state index contributed by atoms with van der Waals surface area (Å²) in [4.78, 5) is 18.5. The Labute approximate surface area is 67.0 Å². The van der Waals surface area contributed by atoms with Crippen molar-refractivity contribution < 1.29 is 19.2 Å². The van der Waals surface area contributed by atoms with Crippen molar-refractivity contribution in [3.63, 3.8) is 0 Å². The molecule has 0 unspecified atom stereocenters. The van der Waals surface area contributed by atoms with Crippen molar-refractivity contribution >= 4 is 12.3 Å². The van der Waals surface area contributed by atoms with Crippen LogP contribution in [0.5, 0.6) is 0 Å². The number of carbonyl (C=O) groups excluding carboxylic acids is 2. The Balaban J connectivity index is -0.000000177. The first kappa shape index (κ1) is 16.5. The standard InChI is InChI=1S/C5H11NO2.C2H3O.Rf/c1-6(2,3)4-5(7)8;1-2-3;/h1,4H2,2-3H3,(H,7,8);2H,1H2;/q;-1;/p-1. The first-order valence-electron chi connectivity index (χ1n) is 2.93. The largest absolute Gasteiger partial charge is 0.544 e. The second-order valence-electron chi connectivity index (χ2n) is 2.63. The first-order chi connectivity index (χ1) is 4.83. The van der Waals surface area contributed by atoms with E-state index in [1.54, 1.807) is 14.1 Å². The van der Waals surface area contributed by atoms with Crippen LogP contribution in [0.4, 0.5) is 0 Å². The van der Waals surface area contributed by atoms with E-state index in [1.165, 1.54) is 0 Å². The van der Waals surface area contributed by atoms with E-state index < -0.39 is 5.97 Å². The molecule has 0 aliphatic rings. The van der Waals surface area contributed by atoms with Crippen molar-refractivity contribution in [1.82, 2.24) is 0 Å². The average molecular weight is 426 g/mol. The molecule has 0 amide bonds. The van der Waals surface area contributed by atoms with E-state index in [2.05, 4.69) is 14.0 Å². The van der Waals surface area contributed by atoms with Crippen LogP contribution in [0.2, 0.25) is 0 Å². The van der Waals surface area contributed by atoms with Crippen LogP contribution in [-0.4, -0.2) is 37.4 Å². The fourth-order valence-corrected chi connectivity index (χ4v) is 0.349. The van der Waals surface area contributed by atoms with E-state index in [4.69, 9.17) is 4.79 Å². The Bertz CT molecular complexity index is 131. The van der Waals surface area contributed by atoms with Crippen LogP contribution in [0.1, 0.15) is 0 Å². The van der Waals surface area contributed by atoms with Crippen molar-refractivity contribution in [1.29, 1.82) is 0 Å². The van der Waals surface area contributed by atoms with E-state index >= 15 is 0 Å². The Kier molecular flexibility index (Phi) is 9.74. The number of aldehydes is 1. The Hall–Kier alpha value is -2.03. The van der Waals surface area contributed by atoms with Gasteiger partial charge in [-0.25, -0.2) is 0 Å². The molecule has 0 aliphatic carbocycles. The quantitative estimate of drug-likeness (QED) is 0.311. The minimum atomic E-state index is -1.06. The SMILES string of the molecule is [CH2-]C=O.[CH2-][N+](C)(C)CC(=O)[O-].[Rf]. The number of aliphatic carboxylic acids is 1. The number of quaternary nitrogens is 1. The number of nitrogens with zero attached hydrogens (tertiary/aromatic N) is 1. The summed E-state index contributed by atoms with van der Waals surface area (Å²) in [6.07, 6.45) is 0.500. The zero-order valence-corrected chi connectivity index (χ0v) is 14.0. The van der Waals surface area contributed by atoms with Crippen LogP contribution in [0.25, 0.3) is 0 Å². The number of carboxylic acids is 1. The average Bonchev–Trinajstić information content (AvgIpc) is 1.57. The number of likely N-dealkylation sites (N-methyl/N-ethyl adjacent to an activating group) is 1. The van der Waals surface area contributed by atoms with Crippen molar-refractivity contribution in [3.8, 4) is 0 Å². The molecule has 4 nitrogen and oxygen atoms in total. The fourth-order valence-electron chi connectivity index (χ4n) is 0.349. The molecule has 0 spiro atoms. The molecule has 0 radical (unpaired) electrons. The van der Waals surface area contributed by atoms with Gasteiger partial charge in [-0.1, -0.05) is 0 Å². The second kappa shape index (κ2) is 7.08. The molecular formula is C7H13NO3Rf-2. The van der Waals surface area contributed by atoms with Crippen molar-refractivity contribution in [2.45, 2.75) is 0 Å². The monoisotopic (exact) mass is 426 g/mol. The maximum Gasteiger partial charge on any atom is 0.0945 e. The van der Waals surface area contributed by atoms with Gasteiger partial charge in [-0.3, -0.25) is 0 Å². The molecule has 68 valence electrons. The van der Waals surface area contributed by atoms with Gasteiger partial charge in [0.25, 0.3) is 0 Å². The minimum absolute atomic E-state index is 0. The van der Waals surface area contributed by atoms with E-state index in [1.807, 2.05) is 0 Å². The smallest absolute Gasteiger partial charge is 0.0945 e. The number of hydrogen-bond donors (Lipinski definition) is 0. The zero-order chi connectivity index (χ0) is 9.49. The van der Waals surface area contributed by atoms with Crippen LogP contribution >= 0.6 is 0 Å². The van der Waals surface area contributed by atoms with Crippen LogP contribution < -0.4 is 5.11 Å². The number of carboxylic acid groups (broad SMARTS) is 1. The van der Waals surface area contributed by atoms with Gasteiger partial charge in [-0.2, -0.15) is 0 Å². The third-order valence-corrected chi connectivity index (χ3v) is 0.557. The maximum absolute atomic E-state index is 9.85. The number of hydrogen-bond acceptors (Lipinski definition) is 3. The summed E-state index contributed by atoms with van der Waals surface area (Å²) >= 11 is 0. The summed E-state index contributed by atoms with van der Waals surface area (Å²) in [6.45, 7) is 2.76.